The number of carbonyl (C=O) groups is 1. The van der Waals surface area contributed by atoms with Crippen LogP contribution in [-0.4, -0.2) is 51.8 Å². The molecule has 0 aliphatic heterocycles. The van der Waals surface area contributed by atoms with E-state index in [0.717, 1.165) is 25.5 Å². The number of nitrogens with one attached hydrogen (secondary N) is 3. The minimum Gasteiger partial charge on any atom is -0.380 e. The summed E-state index contributed by atoms with van der Waals surface area (Å²) in [7, 11) is 1.72. The first kappa shape index (κ1) is 19.7. The predicted molar refractivity (Wildman–Crippen MR) is 87.5 cm³/mol. The van der Waals surface area contributed by atoms with Crippen molar-refractivity contribution < 1.29 is 9.53 Å². The van der Waals surface area contributed by atoms with Crippen molar-refractivity contribution in [2.24, 2.45) is 16.8 Å². The summed E-state index contributed by atoms with van der Waals surface area (Å²) in [5.41, 5.74) is 0. The van der Waals surface area contributed by atoms with E-state index in [1.165, 1.54) is 0 Å². The van der Waals surface area contributed by atoms with E-state index in [2.05, 4.69) is 34.8 Å². The summed E-state index contributed by atoms with van der Waals surface area (Å²) in [4.78, 5) is 15.5. The topological polar surface area (TPSA) is 74.8 Å². The summed E-state index contributed by atoms with van der Waals surface area (Å²) in [5.74, 6) is 1.48. The lowest BCUT2D eigenvalue weighted by Gasteiger charge is -2.13. The summed E-state index contributed by atoms with van der Waals surface area (Å²) in [6.45, 7) is 11.5. The Balaban J connectivity index is 3.57. The molecule has 0 rings (SSSR count). The average molecular weight is 300 g/mol. The van der Waals surface area contributed by atoms with Gasteiger partial charge in [0.25, 0.3) is 0 Å². The van der Waals surface area contributed by atoms with E-state index in [0.29, 0.717) is 25.6 Å². The van der Waals surface area contributed by atoms with E-state index >= 15 is 0 Å². The van der Waals surface area contributed by atoms with Crippen molar-refractivity contribution in [3.05, 3.63) is 0 Å². The van der Waals surface area contributed by atoms with Gasteiger partial charge in [0, 0.05) is 39.2 Å². The lowest BCUT2D eigenvalue weighted by Crippen LogP contribution is -2.43. The number of carbonyl (C=O) groups excluding carboxylic acids is 1. The maximum Gasteiger partial charge on any atom is 0.222 e. The van der Waals surface area contributed by atoms with Crippen LogP contribution in [0.15, 0.2) is 4.99 Å². The number of nitrogens with zero attached hydrogens (tertiary/aromatic N) is 1. The van der Waals surface area contributed by atoms with Crippen LogP contribution in [0.2, 0.25) is 0 Å². The van der Waals surface area contributed by atoms with E-state index < -0.39 is 0 Å². The number of rotatable bonds is 10. The van der Waals surface area contributed by atoms with Gasteiger partial charge in [-0.2, -0.15) is 0 Å². The Labute approximate surface area is 129 Å². The van der Waals surface area contributed by atoms with Crippen LogP contribution in [-0.2, 0) is 9.53 Å². The normalized spacial score (nSPS) is 11.9. The maximum absolute atomic E-state index is 11.4. The molecule has 0 atom stereocenters. The van der Waals surface area contributed by atoms with Crippen LogP contribution in [0, 0.1) is 11.8 Å². The average Bonchev–Trinajstić information content (AvgIpc) is 2.43. The second-order valence-corrected chi connectivity index (χ2v) is 5.67. The van der Waals surface area contributed by atoms with E-state index in [-0.39, 0.29) is 11.8 Å². The number of aliphatic imine (C=N–C) groups is 1. The Kier molecular flexibility index (Phi) is 11.7. The van der Waals surface area contributed by atoms with E-state index in [9.17, 15) is 4.79 Å². The smallest absolute Gasteiger partial charge is 0.222 e. The molecule has 0 aromatic heterocycles. The molecular formula is C15H32N4O2. The first-order chi connectivity index (χ1) is 9.97. The molecule has 6 heteroatoms. The zero-order valence-corrected chi connectivity index (χ0v) is 14.2. The van der Waals surface area contributed by atoms with Gasteiger partial charge in [0.1, 0.15) is 0 Å². The lowest BCUT2D eigenvalue weighted by atomic mass is 10.1. The third-order valence-corrected chi connectivity index (χ3v) is 2.84. The van der Waals surface area contributed by atoms with Crippen LogP contribution >= 0.6 is 0 Å². The fraction of sp³-hybridized carbons (Fsp3) is 0.867. The van der Waals surface area contributed by atoms with Gasteiger partial charge < -0.3 is 20.7 Å². The minimum atomic E-state index is 0.0189. The summed E-state index contributed by atoms with van der Waals surface area (Å²) in [5, 5.41) is 9.16. The molecule has 0 fully saturated rings. The standard InChI is InChI=1S/C15H32N4O2/c1-12(2)6-10-21-11-9-19-15(16-5)18-8-7-17-14(20)13(3)4/h12-13H,6-11H2,1-5H3,(H,17,20)(H2,16,18,19). The van der Waals surface area contributed by atoms with Gasteiger partial charge in [-0.25, -0.2) is 0 Å². The number of hydrogen-bond donors (Lipinski definition) is 3. The lowest BCUT2D eigenvalue weighted by molar-refractivity contribution is -0.123. The third kappa shape index (κ3) is 12.2. The van der Waals surface area contributed by atoms with Gasteiger partial charge in [-0.05, 0) is 12.3 Å². The number of amides is 1. The number of guanidine groups is 1. The van der Waals surface area contributed by atoms with Crippen LogP contribution in [0.4, 0.5) is 0 Å². The summed E-state index contributed by atoms with van der Waals surface area (Å²) < 4.78 is 5.52. The van der Waals surface area contributed by atoms with E-state index in [1.54, 1.807) is 7.05 Å². The Hall–Kier alpha value is -1.30. The van der Waals surface area contributed by atoms with E-state index in [4.69, 9.17) is 4.74 Å². The van der Waals surface area contributed by atoms with Crippen LogP contribution in [0.25, 0.3) is 0 Å². The first-order valence-corrected chi connectivity index (χ1v) is 7.77. The molecular weight excluding hydrogens is 268 g/mol. The van der Waals surface area contributed by atoms with Crippen molar-refractivity contribution in [3.63, 3.8) is 0 Å². The Morgan fingerprint density at radius 1 is 1.00 bits per heavy atom. The summed E-state index contributed by atoms with van der Waals surface area (Å²) in [6, 6.07) is 0. The van der Waals surface area contributed by atoms with Crippen molar-refractivity contribution in [1.82, 2.24) is 16.0 Å². The molecule has 21 heavy (non-hydrogen) atoms. The Bertz CT molecular complexity index is 304. The van der Waals surface area contributed by atoms with Crippen molar-refractivity contribution in [2.75, 3.05) is 39.9 Å². The molecule has 0 unspecified atom stereocenters. The highest BCUT2D eigenvalue weighted by Gasteiger charge is 2.05. The molecule has 0 bridgehead atoms. The SMILES string of the molecule is CN=C(NCCNC(=O)C(C)C)NCCOCCC(C)C. The third-order valence-electron chi connectivity index (χ3n) is 2.84. The molecule has 124 valence electrons. The highest BCUT2D eigenvalue weighted by Crippen LogP contribution is 1.98. The molecule has 0 spiro atoms. The second kappa shape index (κ2) is 12.4. The molecule has 1 amide bonds. The highest BCUT2D eigenvalue weighted by atomic mass is 16.5. The van der Waals surface area contributed by atoms with Crippen LogP contribution < -0.4 is 16.0 Å². The van der Waals surface area contributed by atoms with Crippen molar-refractivity contribution in [2.45, 2.75) is 34.1 Å². The Morgan fingerprint density at radius 2 is 1.62 bits per heavy atom. The van der Waals surface area contributed by atoms with Crippen LogP contribution in [0.5, 0.6) is 0 Å². The molecule has 0 aromatic carbocycles. The van der Waals surface area contributed by atoms with Gasteiger partial charge in [0.15, 0.2) is 5.96 Å². The monoisotopic (exact) mass is 300 g/mol. The van der Waals surface area contributed by atoms with Crippen molar-refractivity contribution >= 4 is 11.9 Å². The zero-order chi connectivity index (χ0) is 16.1. The van der Waals surface area contributed by atoms with Gasteiger partial charge in [0.2, 0.25) is 5.91 Å². The molecule has 0 aromatic rings. The molecule has 3 N–H and O–H groups in total. The molecule has 0 aliphatic carbocycles. The van der Waals surface area contributed by atoms with Gasteiger partial charge in [-0.1, -0.05) is 27.7 Å². The minimum absolute atomic E-state index is 0.0189. The quantitative estimate of drug-likeness (QED) is 0.319. The molecule has 0 saturated carbocycles. The van der Waals surface area contributed by atoms with E-state index in [1.807, 2.05) is 13.8 Å². The Morgan fingerprint density at radius 3 is 2.19 bits per heavy atom. The zero-order valence-electron chi connectivity index (χ0n) is 14.2. The van der Waals surface area contributed by atoms with Crippen LogP contribution in [0.1, 0.15) is 34.1 Å². The molecule has 6 nitrogen and oxygen atoms in total. The molecule has 0 saturated heterocycles. The number of hydrogen-bond acceptors (Lipinski definition) is 3. The molecule has 0 radical (unpaired) electrons. The largest absolute Gasteiger partial charge is 0.380 e. The van der Waals surface area contributed by atoms with Crippen molar-refractivity contribution in [1.29, 1.82) is 0 Å². The predicted octanol–water partition coefficient (Wildman–Crippen LogP) is 0.986. The van der Waals surface area contributed by atoms with Gasteiger partial charge >= 0.3 is 0 Å². The van der Waals surface area contributed by atoms with Gasteiger partial charge in [-0.15, -0.1) is 0 Å². The summed E-state index contributed by atoms with van der Waals surface area (Å²) >= 11 is 0. The summed E-state index contributed by atoms with van der Waals surface area (Å²) in [6.07, 6.45) is 1.09. The fourth-order valence-electron chi connectivity index (χ4n) is 1.45. The number of ether oxygens (including phenoxy) is 1. The maximum atomic E-state index is 11.4. The first-order valence-electron chi connectivity index (χ1n) is 7.77. The van der Waals surface area contributed by atoms with Crippen molar-refractivity contribution in [3.8, 4) is 0 Å². The fourth-order valence-corrected chi connectivity index (χ4v) is 1.45. The molecule has 0 aliphatic rings. The highest BCUT2D eigenvalue weighted by molar-refractivity contribution is 5.80. The molecule has 0 heterocycles. The van der Waals surface area contributed by atoms with Gasteiger partial charge in [-0.3, -0.25) is 9.79 Å². The second-order valence-electron chi connectivity index (χ2n) is 5.67. The van der Waals surface area contributed by atoms with Gasteiger partial charge in [0.05, 0.1) is 6.61 Å². The van der Waals surface area contributed by atoms with Crippen LogP contribution in [0.3, 0.4) is 0 Å².